The first-order valence-corrected chi connectivity index (χ1v) is 8.00. The molecular weight excluding hydrogens is 347 g/mol. The number of aromatic nitrogens is 2. The van der Waals surface area contributed by atoms with Crippen LogP contribution in [0.4, 0.5) is 4.39 Å². The smallest absolute Gasteiger partial charge is 0.139 e. The molecule has 108 valence electrons. The first-order chi connectivity index (χ1) is 9.63. The van der Waals surface area contributed by atoms with Gasteiger partial charge in [-0.1, -0.05) is 0 Å². The highest BCUT2D eigenvalue weighted by molar-refractivity contribution is 9.10. The summed E-state index contributed by atoms with van der Waals surface area (Å²) in [7, 11) is 0. The summed E-state index contributed by atoms with van der Waals surface area (Å²) in [6.45, 7) is 2.73. The number of benzene rings is 1. The molecule has 3 rings (SSSR count). The van der Waals surface area contributed by atoms with Gasteiger partial charge < -0.3 is 9.30 Å². The Balaban J connectivity index is 1.99. The van der Waals surface area contributed by atoms with E-state index in [9.17, 15) is 4.39 Å². The van der Waals surface area contributed by atoms with E-state index in [1.54, 1.807) is 6.07 Å². The van der Waals surface area contributed by atoms with Gasteiger partial charge in [0.15, 0.2) is 0 Å². The van der Waals surface area contributed by atoms with Crippen molar-refractivity contribution >= 4 is 38.6 Å². The summed E-state index contributed by atoms with van der Waals surface area (Å²) in [6.07, 6.45) is 2.16. The van der Waals surface area contributed by atoms with Gasteiger partial charge in [0.2, 0.25) is 0 Å². The van der Waals surface area contributed by atoms with Gasteiger partial charge in [-0.15, -0.1) is 11.6 Å². The van der Waals surface area contributed by atoms with Gasteiger partial charge in [-0.05, 0) is 41.8 Å². The van der Waals surface area contributed by atoms with Crippen LogP contribution in [0.2, 0.25) is 0 Å². The van der Waals surface area contributed by atoms with Gasteiger partial charge in [-0.2, -0.15) is 0 Å². The monoisotopic (exact) mass is 360 g/mol. The van der Waals surface area contributed by atoms with Gasteiger partial charge in [0.25, 0.3) is 0 Å². The van der Waals surface area contributed by atoms with Crippen molar-refractivity contribution < 1.29 is 9.13 Å². The molecule has 1 fully saturated rings. The van der Waals surface area contributed by atoms with Crippen molar-refractivity contribution in [3.63, 3.8) is 0 Å². The fourth-order valence-electron chi connectivity index (χ4n) is 2.76. The normalized spacial score (nSPS) is 22.2. The van der Waals surface area contributed by atoms with Crippen LogP contribution < -0.4 is 0 Å². The zero-order chi connectivity index (χ0) is 14.3. The van der Waals surface area contributed by atoms with Crippen LogP contribution in [0.1, 0.15) is 31.6 Å². The van der Waals surface area contributed by atoms with E-state index >= 15 is 0 Å². The minimum absolute atomic E-state index is 0.277. The Morgan fingerprint density at radius 2 is 2.25 bits per heavy atom. The van der Waals surface area contributed by atoms with E-state index in [2.05, 4.69) is 25.5 Å². The Morgan fingerprint density at radius 3 is 2.90 bits per heavy atom. The average molecular weight is 362 g/mol. The Bertz CT molecular complexity index is 640. The lowest BCUT2D eigenvalue weighted by molar-refractivity contribution is -0.0192. The van der Waals surface area contributed by atoms with Gasteiger partial charge in [0.1, 0.15) is 11.6 Å². The summed E-state index contributed by atoms with van der Waals surface area (Å²) in [4.78, 5) is 4.50. The predicted octanol–water partition coefficient (Wildman–Crippen LogP) is 4.42. The van der Waals surface area contributed by atoms with Gasteiger partial charge >= 0.3 is 0 Å². The SMILES string of the molecule is CCOC1CC(n2c(CCl)nc3cc(Br)c(F)cc32)C1. The lowest BCUT2D eigenvalue weighted by Crippen LogP contribution is -2.34. The quantitative estimate of drug-likeness (QED) is 0.754. The highest BCUT2D eigenvalue weighted by atomic mass is 79.9. The molecule has 6 heteroatoms. The molecule has 0 atom stereocenters. The van der Waals surface area contributed by atoms with E-state index in [1.165, 1.54) is 6.07 Å². The number of ether oxygens (including phenoxy) is 1. The number of hydrogen-bond acceptors (Lipinski definition) is 2. The van der Waals surface area contributed by atoms with Crippen LogP contribution in [0.25, 0.3) is 11.0 Å². The van der Waals surface area contributed by atoms with Crippen LogP contribution in [-0.4, -0.2) is 22.3 Å². The van der Waals surface area contributed by atoms with E-state index in [0.717, 1.165) is 36.3 Å². The Labute approximate surface area is 130 Å². The maximum Gasteiger partial charge on any atom is 0.139 e. The third-order valence-electron chi connectivity index (χ3n) is 3.76. The van der Waals surface area contributed by atoms with E-state index in [1.807, 2.05) is 6.92 Å². The molecule has 0 saturated heterocycles. The number of nitrogens with zero attached hydrogens (tertiary/aromatic N) is 2. The Morgan fingerprint density at radius 1 is 1.50 bits per heavy atom. The standard InChI is InChI=1S/C14H15BrClFN2O/c1-2-20-9-3-8(4-9)19-13-6-11(17)10(15)5-12(13)18-14(19)7-16/h5-6,8-9H,2-4,7H2,1H3. The maximum atomic E-state index is 13.8. The molecule has 1 aliphatic carbocycles. The number of fused-ring (bicyclic) bond motifs is 1. The van der Waals surface area contributed by atoms with Crippen LogP contribution in [0.3, 0.4) is 0 Å². The van der Waals surface area contributed by atoms with Crippen molar-refractivity contribution in [3.8, 4) is 0 Å². The molecule has 20 heavy (non-hydrogen) atoms. The second-order valence-electron chi connectivity index (χ2n) is 4.99. The van der Waals surface area contributed by atoms with Gasteiger partial charge in [-0.3, -0.25) is 0 Å². The topological polar surface area (TPSA) is 27.1 Å². The summed E-state index contributed by atoms with van der Waals surface area (Å²) in [5.74, 6) is 0.837. The van der Waals surface area contributed by atoms with Crippen molar-refractivity contribution in [2.45, 2.75) is 37.8 Å². The minimum Gasteiger partial charge on any atom is -0.378 e. The molecule has 1 aromatic carbocycles. The van der Waals surface area contributed by atoms with Crippen LogP contribution in [0, 0.1) is 5.82 Å². The van der Waals surface area contributed by atoms with Crippen molar-refractivity contribution in [1.82, 2.24) is 9.55 Å². The number of imidazole rings is 1. The summed E-state index contributed by atoms with van der Waals surface area (Å²) >= 11 is 9.18. The average Bonchev–Trinajstić information content (AvgIpc) is 2.71. The van der Waals surface area contributed by atoms with Crippen LogP contribution in [0.15, 0.2) is 16.6 Å². The third-order valence-corrected chi connectivity index (χ3v) is 4.61. The number of alkyl halides is 1. The third kappa shape index (κ3) is 2.36. The zero-order valence-corrected chi connectivity index (χ0v) is 13.4. The van der Waals surface area contributed by atoms with E-state index in [-0.39, 0.29) is 5.82 Å². The Hall–Kier alpha value is -0.650. The molecule has 1 aliphatic rings. The molecule has 0 N–H and O–H groups in total. The zero-order valence-electron chi connectivity index (χ0n) is 11.1. The van der Waals surface area contributed by atoms with Gasteiger partial charge in [0, 0.05) is 18.7 Å². The molecule has 0 radical (unpaired) electrons. The molecule has 1 saturated carbocycles. The van der Waals surface area contributed by atoms with Crippen molar-refractivity contribution in [3.05, 3.63) is 28.2 Å². The molecule has 0 unspecified atom stereocenters. The molecule has 0 aliphatic heterocycles. The van der Waals surface area contributed by atoms with Crippen LogP contribution in [-0.2, 0) is 10.6 Å². The van der Waals surface area contributed by atoms with E-state index < -0.39 is 0 Å². The molecule has 3 nitrogen and oxygen atoms in total. The highest BCUT2D eigenvalue weighted by Gasteiger charge is 2.33. The second-order valence-corrected chi connectivity index (χ2v) is 6.11. The van der Waals surface area contributed by atoms with Gasteiger partial charge in [-0.25, -0.2) is 9.37 Å². The molecule has 0 amide bonds. The van der Waals surface area contributed by atoms with E-state index in [0.29, 0.717) is 22.5 Å². The summed E-state index contributed by atoms with van der Waals surface area (Å²) in [5.41, 5.74) is 1.58. The van der Waals surface area contributed by atoms with Crippen LogP contribution >= 0.6 is 27.5 Å². The summed E-state index contributed by atoms with van der Waals surface area (Å²) in [6, 6.07) is 3.53. The van der Waals surface area contributed by atoms with Crippen molar-refractivity contribution in [2.24, 2.45) is 0 Å². The van der Waals surface area contributed by atoms with Crippen molar-refractivity contribution in [1.29, 1.82) is 0 Å². The number of rotatable bonds is 4. The first kappa shape index (κ1) is 14.3. The molecule has 1 aromatic heterocycles. The molecule has 1 heterocycles. The predicted molar refractivity (Wildman–Crippen MR) is 80.6 cm³/mol. The fourth-order valence-corrected chi connectivity index (χ4v) is 3.28. The lowest BCUT2D eigenvalue weighted by Gasteiger charge is -2.36. The number of halogens is 3. The molecule has 0 spiro atoms. The first-order valence-electron chi connectivity index (χ1n) is 6.67. The maximum absolute atomic E-state index is 13.8. The van der Waals surface area contributed by atoms with E-state index in [4.69, 9.17) is 16.3 Å². The lowest BCUT2D eigenvalue weighted by atomic mass is 9.88. The molecular formula is C14H15BrClFN2O. The fraction of sp³-hybridized carbons (Fsp3) is 0.500. The number of hydrogen-bond donors (Lipinski definition) is 0. The van der Waals surface area contributed by atoms with Gasteiger partial charge in [0.05, 0.1) is 27.5 Å². The summed E-state index contributed by atoms with van der Waals surface area (Å²) in [5, 5.41) is 0. The highest BCUT2D eigenvalue weighted by Crippen LogP contribution is 2.38. The van der Waals surface area contributed by atoms with Crippen LogP contribution in [0.5, 0.6) is 0 Å². The van der Waals surface area contributed by atoms with Crippen molar-refractivity contribution in [2.75, 3.05) is 6.61 Å². The molecule has 0 bridgehead atoms. The Kier molecular flexibility index (Phi) is 4.02. The second kappa shape index (κ2) is 5.62. The molecule has 2 aromatic rings. The minimum atomic E-state index is -0.277. The largest absolute Gasteiger partial charge is 0.378 e. The summed E-state index contributed by atoms with van der Waals surface area (Å²) < 4.78 is 21.9.